The monoisotopic (exact) mass is 456 g/mol. The molecule has 0 saturated carbocycles. The Balaban J connectivity index is 1.95. The van der Waals surface area contributed by atoms with Crippen molar-refractivity contribution >= 4 is 21.8 Å². The Labute approximate surface area is 208 Å². The summed E-state index contributed by atoms with van der Waals surface area (Å²) in [7, 11) is 0. The van der Waals surface area contributed by atoms with Gasteiger partial charge in [-0.05, 0) is 57.9 Å². The zero-order valence-electron chi connectivity index (χ0n) is 21.5. The average molecular weight is 457 g/mol. The van der Waals surface area contributed by atoms with Crippen molar-refractivity contribution in [2.75, 3.05) is 0 Å². The van der Waals surface area contributed by atoms with E-state index in [0.29, 0.717) is 5.56 Å². The van der Waals surface area contributed by atoms with Gasteiger partial charge in [-0.15, -0.1) is 0 Å². The highest BCUT2D eigenvalue weighted by Gasteiger charge is 2.23. The van der Waals surface area contributed by atoms with Crippen LogP contribution < -0.4 is 0 Å². The highest BCUT2D eigenvalue weighted by atomic mass is 15.0. The molecule has 2 heteroatoms. The lowest BCUT2D eigenvalue weighted by Crippen LogP contribution is -2.10. The highest BCUT2D eigenvalue weighted by Crippen LogP contribution is 2.40. The SMILES string of the molecule is CC(C)(C)c1ccc2c(c1)c1cc(C(C)(C)C)ccc1n2-c1c(C#N)cccc1-c1ccccc1. The molecular weight excluding hydrogens is 424 g/mol. The van der Waals surface area contributed by atoms with Crippen LogP contribution in [0.1, 0.15) is 58.2 Å². The van der Waals surface area contributed by atoms with Gasteiger partial charge in [-0.1, -0.05) is 96.1 Å². The summed E-state index contributed by atoms with van der Waals surface area (Å²) in [4.78, 5) is 0. The number of benzene rings is 4. The lowest BCUT2D eigenvalue weighted by molar-refractivity contribution is 0.590. The van der Waals surface area contributed by atoms with Crippen LogP contribution >= 0.6 is 0 Å². The Morgan fingerprint density at radius 3 is 1.66 bits per heavy atom. The maximum absolute atomic E-state index is 10.2. The smallest absolute Gasteiger partial charge is 0.101 e. The lowest BCUT2D eigenvalue weighted by Gasteiger charge is -2.19. The Bertz CT molecular complexity index is 1530. The van der Waals surface area contributed by atoms with Crippen molar-refractivity contribution in [2.24, 2.45) is 0 Å². The largest absolute Gasteiger partial charge is 0.307 e. The Morgan fingerprint density at radius 1 is 0.629 bits per heavy atom. The maximum atomic E-state index is 10.2. The second-order valence-corrected chi connectivity index (χ2v) is 11.5. The van der Waals surface area contributed by atoms with Crippen molar-refractivity contribution in [3.63, 3.8) is 0 Å². The van der Waals surface area contributed by atoms with E-state index in [-0.39, 0.29) is 10.8 Å². The van der Waals surface area contributed by atoms with E-state index < -0.39 is 0 Å². The number of rotatable bonds is 2. The molecule has 0 fully saturated rings. The molecule has 2 nitrogen and oxygen atoms in total. The van der Waals surface area contributed by atoms with Crippen molar-refractivity contribution in [3.05, 3.63) is 102 Å². The topological polar surface area (TPSA) is 28.7 Å². The van der Waals surface area contributed by atoms with Gasteiger partial charge in [-0.25, -0.2) is 0 Å². The number of nitrogens with zero attached hydrogens (tertiary/aromatic N) is 2. The predicted molar refractivity (Wildman–Crippen MR) is 148 cm³/mol. The number of fused-ring (bicyclic) bond motifs is 3. The molecule has 0 bridgehead atoms. The van der Waals surface area contributed by atoms with Crippen LogP contribution in [0.4, 0.5) is 0 Å². The number of para-hydroxylation sites is 1. The van der Waals surface area contributed by atoms with E-state index >= 15 is 0 Å². The molecule has 0 spiro atoms. The van der Waals surface area contributed by atoms with E-state index in [0.717, 1.165) is 27.8 Å². The van der Waals surface area contributed by atoms with Crippen LogP contribution in [0, 0.1) is 11.3 Å². The summed E-state index contributed by atoms with van der Waals surface area (Å²) in [6.07, 6.45) is 0. The van der Waals surface area contributed by atoms with E-state index in [9.17, 15) is 5.26 Å². The average Bonchev–Trinajstić information content (AvgIpc) is 3.15. The van der Waals surface area contributed by atoms with Gasteiger partial charge in [0, 0.05) is 16.3 Å². The van der Waals surface area contributed by atoms with Crippen LogP contribution in [-0.2, 0) is 10.8 Å². The maximum Gasteiger partial charge on any atom is 0.101 e. The molecule has 5 rings (SSSR count). The van der Waals surface area contributed by atoms with E-state index in [4.69, 9.17) is 0 Å². The van der Waals surface area contributed by atoms with Gasteiger partial charge in [0.15, 0.2) is 0 Å². The van der Waals surface area contributed by atoms with Crippen LogP contribution in [0.15, 0.2) is 84.9 Å². The molecule has 1 heterocycles. The second kappa shape index (κ2) is 8.14. The minimum absolute atomic E-state index is 0.0456. The second-order valence-electron chi connectivity index (χ2n) is 11.5. The summed E-state index contributed by atoms with van der Waals surface area (Å²) in [5, 5.41) is 12.6. The van der Waals surface area contributed by atoms with Gasteiger partial charge < -0.3 is 4.57 Å². The van der Waals surface area contributed by atoms with Crippen LogP contribution in [0.2, 0.25) is 0 Å². The molecule has 0 saturated heterocycles. The summed E-state index contributed by atoms with van der Waals surface area (Å²) in [6.45, 7) is 13.5. The molecule has 174 valence electrons. The summed E-state index contributed by atoms with van der Waals surface area (Å²) < 4.78 is 2.30. The molecule has 0 aliphatic rings. The van der Waals surface area contributed by atoms with Gasteiger partial charge >= 0.3 is 0 Å². The first kappa shape index (κ1) is 22.9. The molecule has 0 atom stereocenters. The zero-order chi connectivity index (χ0) is 25.0. The third-order valence-corrected chi connectivity index (χ3v) is 6.96. The van der Waals surface area contributed by atoms with Crippen molar-refractivity contribution in [3.8, 4) is 22.9 Å². The lowest BCUT2D eigenvalue weighted by atomic mass is 9.85. The number of hydrogen-bond donors (Lipinski definition) is 0. The molecule has 0 unspecified atom stereocenters. The number of aromatic nitrogens is 1. The fourth-order valence-corrected chi connectivity index (χ4v) is 4.92. The Kier molecular flexibility index (Phi) is 5.33. The van der Waals surface area contributed by atoms with E-state index in [2.05, 4.69) is 119 Å². The Morgan fingerprint density at radius 2 is 1.17 bits per heavy atom. The summed E-state index contributed by atoms with van der Waals surface area (Å²) in [5.74, 6) is 0. The molecule has 35 heavy (non-hydrogen) atoms. The Hall–Kier alpha value is -3.83. The van der Waals surface area contributed by atoms with E-state index in [1.165, 1.54) is 21.9 Å². The fourth-order valence-electron chi connectivity index (χ4n) is 4.92. The van der Waals surface area contributed by atoms with Crippen LogP contribution in [0.25, 0.3) is 38.6 Å². The molecular formula is C33H32N2. The molecule has 5 aromatic rings. The quantitative estimate of drug-likeness (QED) is 0.261. The third-order valence-electron chi connectivity index (χ3n) is 6.96. The van der Waals surface area contributed by atoms with E-state index in [1.807, 2.05) is 18.2 Å². The normalized spacial score (nSPS) is 12.3. The van der Waals surface area contributed by atoms with Crippen LogP contribution in [0.5, 0.6) is 0 Å². The first-order chi connectivity index (χ1) is 16.6. The van der Waals surface area contributed by atoms with Gasteiger partial charge in [-0.3, -0.25) is 0 Å². The van der Waals surface area contributed by atoms with Crippen LogP contribution in [-0.4, -0.2) is 4.57 Å². The van der Waals surface area contributed by atoms with Gasteiger partial charge in [0.1, 0.15) is 6.07 Å². The molecule has 1 aromatic heterocycles. The van der Waals surface area contributed by atoms with Crippen molar-refractivity contribution < 1.29 is 0 Å². The highest BCUT2D eigenvalue weighted by molar-refractivity contribution is 6.10. The van der Waals surface area contributed by atoms with Gasteiger partial charge in [-0.2, -0.15) is 5.26 Å². The molecule has 0 radical (unpaired) electrons. The molecule has 4 aromatic carbocycles. The minimum Gasteiger partial charge on any atom is -0.307 e. The zero-order valence-corrected chi connectivity index (χ0v) is 21.5. The summed E-state index contributed by atoms with van der Waals surface area (Å²) in [6, 6.07) is 32.5. The number of hydrogen-bond acceptors (Lipinski definition) is 1. The van der Waals surface area contributed by atoms with Crippen molar-refractivity contribution in [1.82, 2.24) is 4.57 Å². The molecule has 0 aliphatic carbocycles. The minimum atomic E-state index is 0.0456. The summed E-state index contributed by atoms with van der Waals surface area (Å²) >= 11 is 0. The van der Waals surface area contributed by atoms with Gasteiger partial charge in [0.25, 0.3) is 0 Å². The first-order valence-electron chi connectivity index (χ1n) is 12.3. The third kappa shape index (κ3) is 3.92. The van der Waals surface area contributed by atoms with Gasteiger partial charge in [0.05, 0.1) is 22.3 Å². The molecule has 0 aliphatic heterocycles. The number of nitriles is 1. The van der Waals surface area contributed by atoms with Crippen molar-refractivity contribution in [2.45, 2.75) is 52.4 Å². The fraction of sp³-hybridized carbons (Fsp3) is 0.242. The van der Waals surface area contributed by atoms with Crippen molar-refractivity contribution in [1.29, 1.82) is 5.26 Å². The van der Waals surface area contributed by atoms with Crippen LogP contribution in [0.3, 0.4) is 0 Å². The predicted octanol–water partition coefficient (Wildman–Crippen LogP) is 8.92. The molecule has 0 amide bonds. The van der Waals surface area contributed by atoms with E-state index in [1.54, 1.807) is 0 Å². The molecule has 0 N–H and O–H groups in total. The van der Waals surface area contributed by atoms with Gasteiger partial charge in [0.2, 0.25) is 0 Å². The summed E-state index contributed by atoms with van der Waals surface area (Å²) in [5.41, 5.74) is 8.73. The standard InChI is InChI=1S/C33H32N2/c1-32(2,3)24-15-17-29-27(19-24)28-20-25(33(4,5)6)16-18-30(28)35(29)31-23(21-34)13-10-14-26(31)22-11-8-7-9-12-22/h7-20H,1-6H3. The first-order valence-corrected chi connectivity index (χ1v) is 12.3.